The number of ether oxygens (including phenoxy) is 3. The highest BCUT2D eigenvalue weighted by Gasteiger charge is 2.10. The summed E-state index contributed by atoms with van der Waals surface area (Å²) in [4.78, 5) is 16.8. The monoisotopic (exact) mass is 398 g/mol. The van der Waals surface area contributed by atoms with Gasteiger partial charge in [-0.05, 0) is 48.4 Å². The Hall–Kier alpha value is -3.06. The number of methoxy groups -OCH3 is 3. The molecule has 0 saturated carbocycles. The van der Waals surface area contributed by atoms with Gasteiger partial charge in [-0.15, -0.1) is 11.3 Å². The molecule has 0 atom stereocenters. The first-order valence-electron chi connectivity index (χ1n) is 8.73. The molecule has 0 aliphatic heterocycles. The lowest BCUT2D eigenvalue weighted by molar-refractivity contribution is -0.116. The van der Waals surface area contributed by atoms with Gasteiger partial charge < -0.3 is 19.5 Å². The maximum Gasteiger partial charge on any atom is 0.226 e. The van der Waals surface area contributed by atoms with Crippen molar-refractivity contribution in [1.29, 1.82) is 0 Å². The van der Waals surface area contributed by atoms with Crippen molar-refractivity contribution in [3.05, 3.63) is 53.4 Å². The number of carbonyl (C=O) groups excluding carboxylic acids is 1. The van der Waals surface area contributed by atoms with Gasteiger partial charge in [-0.1, -0.05) is 0 Å². The summed E-state index contributed by atoms with van der Waals surface area (Å²) in [5, 5.41) is 5.37. The minimum absolute atomic E-state index is 0.0857. The number of benzene rings is 2. The minimum atomic E-state index is -0.0857. The lowest BCUT2D eigenvalue weighted by Gasteiger charge is -2.08. The molecule has 0 radical (unpaired) electrons. The average molecular weight is 398 g/mol. The number of anilines is 1. The van der Waals surface area contributed by atoms with Crippen molar-refractivity contribution in [3.63, 3.8) is 0 Å². The van der Waals surface area contributed by atoms with E-state index in [0.29, 0.717) is 29.5 Å². The van der Waals surface area contributed by atoms with E-state index in [2.05, 4.69) is 10.3 Å². The van der Waals surface area contributed by atoms with Crippen LogP contribution in [-0.2, 0) is 11.2 Å². The number of thiazole rings is 1. The van der Waals surface area contributed by atoms with E-state index in [1.54, 1.807) is 27.4 Å². The molecular formula is C21H22N2O4S. The van der Waals surface area contributed by atoms with Crippen molar-refractivity contribution in [2.75, 3.05) is 26.6 Å². The molecule has 0 aliphatic carbocycles. The lowest BCUT2D eigenvalue weighted by atomic mass is 10.1. The van der Waals surface area contributed by atoms with Gasteiger partial charge in [0.25, 0.3) is 0 Å². The molecule has 0 bridgehead atoms. The number of hydrogen-bond donors (Lipinski definition) is 1. The molecule has 7 heteroatoms. The fourth-order valence-corrected chi connectivity index (χ4v) is 3.41. The Kier molecular flexibility index (Phi) is 6.49. The third kappa shape index (κ3) is 5.01. The molecule has 6 nitrogen and oxygen atoms in total. The summed E-state index contributed by atoms with van der Waals surface area (Å²) in [6.45, 7) is 0. The van der Waals surface area contributed by atoms with E-state index in [1.807, 2.05) is 41.8 Å². The zero-order valence-electron chi connectivity index (χ0n) is 16.0. The number of amides is 1. The minimum Gasteiger partial charge on any atom is -0.497 e. The molecule has 1 aromatic heterocycles. The van der Waals surface area contributed by atoms with Gasteiger partial charge in [0, 0.05) is 23.4 Å². The summed E-state index contributed by atoms with van der Waals surface area (Å²) in [7, 11) is 4.84. The summed E-state index contributed by atoms with van der Waals surface area (Å²) in [6, 6.07) is 13.3. The van der Waals surface area contributed by atoms with Crippen molar-refractivity contribution in [1.82, 2.24) is 4.98 Å². The standard InChI is InChI=1S/C21H22N2O4S/c1-25-16-7-5-15(6-8-16)19-13-28-21(22-19)23-20(24)9-4-14-10-17(26-2)12-18(11-14)27-3/h5-8,10-13H,4,9H2,1-3H3,(H,22,23,24). The van der Waals surface area contributed by atoms with Gasteiger partial charge >= 0.3 is 0 Å². The summed E-state index contributed by atoms with van der Waals surface area (Å²) >= 11 is 1.40. The maximum atomic E-state index is 12.3. The predicted octanol–water partition coefficient (Wildman–Crippen LogP) is 4.41. The molecule has 0 spiro atoms. The van der Waals surface area contributed by atoms with Crippen LogP contribution in [0.4, 0.5) is 5.13 Å². The predicted molar refractivity (Wildman–Crippen MR) is 111 cm³/mol. The summed E-state index contributed by atoms with van der Waals surface area (Å²) in [5.74, 6) is 2.12. The van der Waals surface area contributed by atoms with Crippen LogP contribution in [0.1, 0.15) is 12.0 Å². The maximum absolute atomic E-state index is 12.3. The molecule has 1 heterocycles. The molecule has 3 rings (SSSR count). The summed E-state index contributed by atoms with van der Waals surface area (Å²) in [5.41, 5.74) is 2.77. The van der Waals surface area contributed by atoms with Crippen LogP contribution in [0.5, 0.6) is 17.2 Å². The highest BCUT2D eigenvalue weighted by molar-refractivity contribution is 7.14. The highest BCUT2D eigenvalue weighted by Crippen LogP contribution is 2.27. The van der Waals surface area contributed by atoms with Crippen molar-refractivity contribution in [2.45, 2.75) is 12.8 Å². The third-order valence-corrected chi connectivity index (χ3v) is 4.95. The van der Waals surface area contributed by atoms with E-state index in [0.717, 1.165) is 22.6 Å². The molecule has 28 heavy (non-hydrogen) atoms. The number of hydrogen-bond acceptors (Lipinski definition) is 6. The number of rotatable bonds is 8. The number of nitrogens with zero attached hydrogens (tertiary/aromatic N) is 1. The zero-order valence-corrected chi connectivity index (χ0v) is 16.8. The lowest BCUT2D eigenvalue weighted by Crippen LogP contribution is -2.12. The zero-order chi connectivity index (χ0) is 19.9. The average Bonchev–Trinajstić information content (AvgIpc) is 3.20. The largest absolute Gasteiger partial charge is 0.497 e. The van der Waals surface area contributed by atoms with Gasteiger partial charge in [0.1, 0.15) is 17.2 Å². The number of aromatic nitrogens is 1. The second-order valence-corrected chi connectivity index (χ2v) is 6.89. The van der Waals surface area contributed by atoms with Crippen molar-refractivity contribution in [2.24, 2.45) is 0 Å². The Labute approximate surface area is 168 Å². The van der Waals surface area contributed by atoms with Gasteiger partial charge in [0.05, 0.1) is 27.0 Å². The quantitative estimate of drug-likeness (QED) is 0.609. The fraction of sp³-hybridized carbons (Fsp3) is 0.238. The first-order valence-corrected chi connectivity index (χ1v) is 9.61. The van der Waals surface area contributed by atoms with E-state index in [4.69, 9.17) is 14.2 Å². The number of carbonyl (C=O) groups is 1. The van der Waals surface area contributed by atoms with Crippen LogP contribution in [0.15, 0.2) is 47.8 Å². The van der Waals surface area contributed by atoms with Crippen molar-refractivity contribution < 1.29 is 19.0 Å². The van der Waals surface area contributed by atoms with Crippen LogP contribution >= 0.6 is 11.3 Å². The number of nitrogens with one attached hydrogen (secondary N) is 1. The van der Waals surface area contributed by atoms with E-state index in [-0.39, 0.29) is 5.91 Å². The molecule has 2 aromatic carbocycles. The van der Waals surface area contributed by atoms with Crippen LogP contribution in [0, 0.1) is 0 Å². The Balaban J connectivity index is 1.59. The van der Waals surface area contributed by atoms with E-state index in [1.165, 1.54) is 11.3 Å². The molecule has 0 saturated heterocycles. The normalized spacial score (nSPS) is 10.4. The molecule has 3 aromatic rings. The van der Waals surface area contributed by atoms with E-state index >= 15 is 0 Å². The highest BCUT2D eigenvalue weighted by atomic mass is 32.1. The van der Waals surface area contributed by atoms with Gasteiger partial charge in [-0.2, -0.15) is 0 Å². The molecule has 1 N–H and O–H groups in total. The van der Waals surface area contributed by atoms with Gasteiger partial charge in [-0.3, -0.25) is 4.79 Å². The third-order valence-electron chi connectivity index (χ3n) is 4.19. The Morgan fingerprint density at radius 2 is 1.61 bits per heavy atom. The first-order chi connectivity index (χ1) is 13.6. The molecule has 0 unspecified atom stereocenters. The molecule has 146 valence electrons. The summed E-state index contributed by atoms with van der Waals surface area (Å²) in [6.07, 6.45) is 0.921. The van der Waals surface area contributed by atoms with Crippen LogP contribution in [0.3, 0.4) is 0 Å². The summed E-state index contributed by atoms with van der Waals surface area (Å²) < 4.78 is 15.7. The van der Waals surface area contributed by atoms with E-state index < -0.39 is 0 Å². The molecule has 0 aliphatic rings. The van der Waals surface area contributed by atoms with Crippen molar-refractivity contribution in [3.8, 4) is 28.5 Å². The molecule has 0 fully saturated rings. The first kappa shape index (κ1) is 19.7. The Bertz CT molecular complexity index is 916. The van der Waals surface area contributed by atoms with Gasteiger partial charge in [0.15, 0.2) is 5.13 Å². The second kappa shape index (κ2) is 9.23. The SMILES string of the molecule is COc1ccc(-c2csc(NC(=O)CCc3cc(OC)cc(OC)c3)n2)cc1. The topological polar surface area (TPSA) is 69.7 Å². The Morgan fingerprint density at radius 1 is 0.964 bits per heavy atom. The molecule has 1 amide bonds. The van der Waals surface area contributed by atoms with E-state index in [9.17, 15) is 4.79 Å². The van der Waals surface area contributed by atoms with Crippen LogP contribution < -0.4 is 19.5 Å². The van der Waals surface area contributed by atoms with Crippen LogP contribution in [0.2, 0.25) is 0 Å². The van der Waals surface area contributed by atoms with Gasteiger partial charge in [0.2, 0.25) is 5.91 Å². The Morgan fingerprint density at radius 3 is 2.21 bits per heavy atom. The fourth-order valence-electron chi connectivity index (χ4n) is 2.68. The van der Waals surface area contributed by atoms with Crippen LogP contribution in [-0.4, -0.2) is 32.2 Å². The van der Waals surface area contributed by atoms with Gasteiger partial charge in [-0.25, -0.2) is 4.98 Å². The smallest absolute Gasteiger partial charge is 0.226 e. The van der Waals surface area contributed by atoms with Crippen LogP contribution in [0.25, 0.3) is 11.3 Å². The number of aryl methyl sites for hydroxylation is 1. The second-order valence-electron chi connectivity index (χ2n) is 6.04. The van der Waals surface area contributed by atoms with Crippen molar-refractivity contribution >= 4 is 22.4 Å². The molecular weight excluding hydrogens is 376 g/mol.